The van der Waals surface area contributed by atoms with Gasteiger partial charge in [-0.25, -0.2) is 9.59 Å². The van der Waals surface area contributed by atoms with Gasteiger partial charge in [0.1, 0.15) is 5.75 Å². The van der Waals surface area contributed by atoms with Gasteiger partial charge < -0.3 is 9.64 Å². The van der Waals surface area contributed by atoms with E-state index in [1.165, 1.54) is 9.80 Å². The monoisotopic (exact) mass is 313 g/mol. The zero-order valence-electron chi connectivity index (χ0n) is 13.3. The van der Waals surface area contributed by atoms with Crippen LogP contribution in [-0.2, 0) is 0 Å². The largest absolute Gasteiger partial charge is 0.417 e. The minimum atomic E-state index is -0.588. The topological polar surface area (TPSA) is 61.9 Å². The molecule has 0 saturated carbocycles. The van der Waals surface area contributed by atoms with E-state index >= 15 is 0 Å². The molecular formula is C17H19N3O3. The first-order chi connectivity index (χ1) is 11.0. The number of rotatable bonds is 3. The molecule has 0 bridgehead atoms. The molecule has 0 aliphatic heterocycles. The van der Waals surface area contributed by atoms with E-state index in [-0.39, 0.29) is 6.03 Å². The Balaban J connectivity index is 2.05. The number of anilines is 2. The molecule has 2 rings (SSSR count). The number of benzene rings is 2. The van der Waals surface area contributed by atoms with Gasteiger partial charge in [-0.2, -0.15) is 0 Å². The third-order valence-electron chi connectivity index (χ3n) is 3.11. The molecule has 6 nitrogen and oxygen atoms in total. The fraction of sp³-hybridized carbons (Fsp3) is 0.176. The summed E-state index contributed by atoms with van der Waals surface area (Å²) >= 11 is 0. The number of carbonyl (C=O) groups is 2. The SMILES string of the molecule is CN(C)C(=O)N(C)c1cccc(OC(=O)Nc2ccccc2)c1. The van der Waals surface area contributed by atoms with Gasteiger partial charge in [0.05, 0.1) is 0 Å². The van der Waals surface area contributed by atoms with Gasteiger partial charge in [-0.1, -0.05) is 24.3 Å². The van der Waals surface area contributed by atoms with Crippen molar-refractivity contribution < 1.29 is 14.3 Å². The summed E-state index contributed by atoms with van der Waals surface area (Å²) in [5.74, 6) is 0.356. The highest BCUT2D eigenvalue weighted by atomic mass is 16.6. The molecule has 0 radical (unpaired) electrons. The quantitative estimate of drug-likeness (QED) is 0.944. The zero-order chi connectivity index (χ0) is 16.8. The maximum absolute atomic E-state index is 11.9. The van der Waals surface area contributed by atoms with E-state index in [2.05, 4.69) is 5.32 Å². The number of nitrogens with one attached hydrogen (secondary N) is 1. The van der Waals surface area contributed by atoms with Crippen LogP contribution in [-0.4, -0.2) is 38.2 Å². The normalized spacial score (nSPS) is 9.87. The second-order valence-electron chi connectivity index (χ2n) is 5.11. The lowest BCUT2D eigenvalue weighted by Crippen LogP contribution is -2.36. The van der Waals surface area contributed by atoms with E-state index in [9.17, 15) is 9.59 Å². The number of para-hydroxylation sites is 1. The Morgan fingerprint density at radius 1 is 0.957 bits per heavy atom. The Hall–Kier alpha value is -3.02. The van der Waals surface area contributed by atoms with Crippen LogP contribution in [0.15, 0.2) is 54.6 Å². The molecule has 0 saturated heterocycles. The zero-order valence-corrected chi connectivity index (χ0v) is 13.3. The van der Waals surface area contributed by atoms with E-state index < -0.39 is 6.09 Å². The van der Waals surface area contributed by atoms with Gasteiger partial charge in [-0.3, -0.25) is 10.2 Å². The highest BCUT2D eigenvalue weighted by Crippen LogP contribution is 2.21. The molecule has 2 aromatic rings. The highest BCUT2D eigenvalue weighted by Gasteiger charge is 2.14. The van der Waals surface area contributed by atoms with Gasteiger partial charge in [0.15, 0.2) is 0 Å². The molecule has 0 fully saturated rings. The second kappa shape index (κ2) is 7.31. The van der Waals surface area contributed by atoms with Crippen molar-refractivity contribution in [2.45, 2.75) is 0 Å². The first kappa shape index (κ1) is 16.4. The van der Waals surface area contributed by atoms with Crippen LogP contribution in [0.3, 0.4) is 0 Å². The first-order valence-electron chi connectivity index (χ1n) is 7.06. The van der Waals surface area contributed by atoms with E-state index in [1.54, 1.807) is 57.5 Å². The fourth-order valence-electron chi connectivity index (χ4n) is 1.94. The summed E-state index contributed by atoms with van der Waals surface area (Å²) < 4.78 is 5.25. The summed E-state index contributed by atoms with van der Waals surface area (Å²) in [7, 11) is 5.00. The van der Waals surface area contributed by atoms with E-state index in [0.717, 1.165) is 0 Å². The van der Waals surface area contributed by atoms with Crippen molar-refractivity contribution in [1.82, 2.24) is 4.90 Å². The molecule has 0 unspecified atom stereocenters. The maximum Gasteiger partial charge on any atom is 0.417 e. The first-order valence-corrected chi connectivity index (χ1v) is 7.06. The fourth-order valence-corrected chi connectivity index (χ4v) is 1.94. The van der Waals surface area contributed by atoms with E-state index in [1.807, 2.05) is 18.2 Å². The third kappa shape index (κ3) is 4.47. The Morgan fingerprint density at radius 3 is 2.30 bits per heavy atom. The molecule has 0 aliphatic rings. The number of carbonyl (C=O) groups excluding carboxylic acids is 2. The van der Waals surface area contributed by atoms with Crippen LogP contribution in [0.4, 0.5) is 21.0 Å². The van der Waals surface area contributed by atoms with Crippen molar-refractivity contribution in [1.29, 1.82) is 0 Å². The van der Waals surface area contributed by atoms with Gasteiger partial charge in [-0.05, 0) is 24.3 Å². The average molecular weight is 313 g/mol. The van der Waals surface area contributed by atoms with Gasteiger partial charge in [0.2, 0.25) is 0 Å². The predicted molar refractivity (Wildman–Crippen MR) is 90.0 cm³/mol. The number of hydrogen-bond donors (Lipinski definition) is 1. The Morgan fingerprint density at radius 2 is 1.65 bits per heavy atom. The lowest BCUT2D eigenvalue weighted by atomic mass is 10.3. The van der Waals surface area contributed by atoms with Crippen LogP contribution in [0.1, 0.15) is 0 Å². The molecule has 0 aliphatic carbocycles. The third-order valence-corrected chi connectivity index (χ3v) is 3.11. The Kier molecular flexibility index (Phi) is 5.19. The minimum Gasteiger partial charge on any atom is -0.410 e. The van der Waals surface area contributed by atoms with E-state index in [4.69, 9.17) is 4.74 Å². The lowest BCUT2D eigenvalue weighted by Gasteiger charge is -2.22. The van der Waals surface area contributed by atoms with Crippen molar-refractivity contribution >= 4 is 23.5 Å². The number of nitrogens with zero attached hydrogens (tertiary/aromatic N) is 2. The molecule has 2 aromatic carbocycles. The van der Waals surface area contributed by atoms with Gasteiger partial charge in [0, 0.05) is 38.6 Å². The molecule has 23 heavy (non-hydrogen) atoms. The standard InChI is InChI=1S/C17H19N3O3/c1-19(2)17(22)20(3)14-10-7-11-15(12-14)23-16(21)18-13-8-5-4-6-9-13/h4-12H,1-3H3,(H,18,21). The number of urea groups is 1. The smallest absolute Gasteiger partial charge is 0.410 e. The summed E-state index contributed by atoms with van der Waals surface area (Å²) in [4.78, 5) is 26.8. The van der Waals surface area contributed by atoms with Crippen molar-refractivity contribution in [3.05, 3.63) is 54.6 Å². The van der Waals surface area contributed by atoms with Gasteiger partial charge in [-0.15, -0.1) is 0 Å². The molecule has 6 heteroatoms. The molecular weight excluding hydrogens is 294 g/mol. The van der Waals surface area contributed by atoms with Crippen LogP contribution in [0.2, 0.25) is 0 Å². The molecule has 0 aromatic heterocycles. The Labute approximate surface area is 135 Å². The van der Waals surface area contributed by atoms with Crippen molar-refractivity contribution in [2.75, 3.05) is 31.4 Å². The van der Waals surface area contributed by atoms with Crippen LogP contribution in [0, 0.1) is 0 Å². The van der Waals surface area contributed by atoms with E-state index in [0.29, 0.717) is 17.1 Å². The summed E-state index contributed by atoms with van der Waals surface area (Å²) in [6.07, 6.45) is -0.588. The van der Waals surface area contributed by atoms with Gasteiger partial charge in [0.25, 0.3) is 0 Å². The average Bonchev–Trinajstić information content (AvgIpc) is 2.54. The minimum absolute atomic E-state index is 0.170. The molecule has 0 spiro atoms. The lowest BCUT2D eigenvalue weighted by molar-refractivity contribution is 0.215. The second-order valence-corrected chi connectivity index (χ2v) is 5.11. The molecule has 0 heterocycles. The highest BCUT2D eigenvalue weighted by molar-refractivity contribution is 5.91. The maximum atomic E-state index is 11.9. The van der Waals surface area contributed by atoms with Crippen molar-refractivity contribution in [2.24, 2.45) is 0 Å². The van der Waals surface area contributed by atoms with Gasteiger partial charge >= 0.3 is 12.1 Å². The Bertz CT molecular complexity index is 686. The molecule has 3 amide bonds. The van der Waals surface area contributed by atoms with Crippen LogP contribution >= 0.6 is 0 Å². The van der Waals surface area contributed by atoms with Crippen LogP contribution in [0.5, 0.6) is 5.75 Å². The summed E-state index contributed by atoms with van der Waals surface area (Å²) in [6.45, 7) is 0. The van der Waals surface area contributed by atoms with Crippen molar-refractivity contribution in [3.63, 3.8) is 0 Å². The number of amides is 3. The molecule has 120 valence electrons. The summed E-state index contributed by atoms with van der Waals surface area (Å²) in [5.41, 5.74) is 1.28. The predicted octanol–water partition coefficient (Wildman–Crippen LogP) is 3.42. The van der Waals surface area contributed by atoms with Crippen LogP contribution in [0.25, 0.3) is 0 Å². The number of hydrogen-bond acceptors (Lipinski definition) is 3. The molecule has 0 atom stereocenters. The summed E-state index contributed by atoms with van der Waals surface area (Å²) in [6, 6.07) is 15.6. The summed E-state index contributed by atoms with van der Waals surface area (Å²) in [5, 5.41) is 2.63. The number of ether oxygens (including phenoxy) is 1. The van der Waals surface area contributed by atoms with Crippen molar-refractivity contribution in [3.8, 4) is 5.75 Å². The van der Waals surface area contributed by atoms with Crippen LogP contribution < -0.4 is 15.0 Å². The molecule has 1 N–H and O–H groups in total.